The Balaban J connectivity index is 0.00000272. The predicted molar refractivity (Wildman–Crippen MR) is 119 cm³/mol. The van der Waals surface area contributed by atoms with Crippen molar-refractivity contribution in [1.82, 2.24) is 10.0 Å². The Morgan fingerprint density at radius 1 is 1.10 bits per heavy atom. The summed E-state index contributed by atoms with van der Waals surface area (Å²) >= 11 is 0. The molecule has 0 aromatic heterocycles. The molecule has 166 valence electrons. The maximum Gasteiger partial charge on any atom is 0.326 e. The van der Waals surface area contributed by atoms with Crippen molar-refractivity contribution in [3.8, 4) is 5.75 Å². The third-order valence-electron chi connectivity index (χ3n) is 5.02. The Labute approximate surface area is 186 Å². The molecule has 2 aromatic carbocycles. The van der Waals surface area contributed by atoms with Crippen LogP contribution in [0, 0.1) is 5.82 Å². The van der Waals surface area contributed by atoms with E-state index >= 15 is 4.39 Å². The van der Waals surface area contributed by atoms with Gasteiger partial charge < -0.3 is 10.1 Å². The first-order chi connectivity index (χ1) is 14.4. The van der Waals surface area contributed by atoms with Crippen LogP contribution < -0.4 is 19.1 Å². The average Bonchev–Trinajstić information content (AvgIpc) is 3.01. The molecule has 31 heavy (non-hydrogen) atoms. The molecule has 0 radical (unpaired) electrons. The van der Waals surface area contributed by atoms with Crippen LogP contribution >= 0.6 is 12.4 Å². The second kappa shape index (κ2) is 9.67. The average molecular weight is 468 g/mol. The fourth-order valence-electron chi connectivity index (χ4n) is 3.52. The number of halogens is 2. The Morgan fingerprint density at radius 3 is 2.45 bits per heavy atom. The minimum atomic E-state index is -4.18. The van der Waals surface area contributed by atoms with E-state index in [4.69, 9.17) is 4.74 Å². The predicted octanol–water partition coefficient (Wildman–Crippen LogP) is 2.77. The molecule has 2 heterocycles. The number of nitrogens with zero attached hydrogens (tertiary/aromatic N) is 1. The van der Waals surface area contributed by atoms with Crippen LogP contribution in [0.5, 0.6) is 5.75 Å². The topological polar surface area (TPSA) is 87.7 Å². The van der Waals surface area contributed by atoms with Gasteiger partial charge in [-0.15, -0.1) is 12.4 Å². The van der Waals surface area contributed by atoms with Gasteiger partial charge in [-0.25, -0.2) is 13.4 Å². The van der Waals surface area contributed by atoms with Crippen LogP contribution in [-0.2, 0) is 21.6 Å². The number of ether oxygens (including phenoxy) is 1. The minimum absolute atomic E-state index is 0. The van der Waals surface area contributed by atoms with Crippen LogP contribution in [0.15, 0.2) is 48.0 Å². The Bertz CT molecular complexity index is 1090. The van der Waals surface area contributed by atoms with Gasteiger partial charge in [-0.3, -0.25) is 4.79 Å². The molecule has 10 heteroatoms. The van der Waals surface area contributed by atoms with Gasteiger partial charge in [0.15, 0.2) is 5.82 Å². The first kappa shape index (κ1) is 23.1. The van der Waals surface area contributed by atoms with E-state index in [2.05, 4.69) is 5.32 Å². The number of rotatable bonds is 5. The molecule has 0 aliphatic carbocycles. The van der Waals surface area contributed by atoms with Crippen LogP contribution in [0.25, 0.3) is 6.08 Å². The molecule has 2 saturated heterocycles. The van der Waals surface area contributed by atoms with Gasteiger partial charge in [0.25, 0.3) is 5.91 Å². The number of benzene rings is 2. The van der Waals surface area contributed by atoms with E-state index < -0.39 is 28.5 Å². The third-order valence-corrected chi connectivity index (χ3v) is 6.40. The highest BCUT2D eigenvalue weighted by Gasteiger charge is 2.38. The van der Waals surface area contributed by atoms with E-state index in [0.717, 1.165) is 41.4 Å². The summed E-state index contributed by atoms with van der Waals surface area (Å²) < 4.78 is 48.7. The molecular formula is C21H23ClFN3O4S. The first-order valence-corrected chi connectivity index (χ1v) is 11.1. The molecule has 7 nitrogen and oxygen atoms in total. The van der Waals surface area contributed by atoms with Gasteiger partial charge in [0.05, 0.1) is 0 Å². The fraction of sp³-hybridized carbons (Fsp3) is 0.286. The van der Waals surface area contributed by atoms with E-state index in [1.54, 1.807) is 18.2 Å². The van der Waals surface area contributed by atoms with Crippen molar-refractivity contribution in [3.63, 3.8) is 0 Å². The number of nitrogens with one attached hydrogen (secondary N) is 2. The lowest BCUT2D eigenvalue weighted by molar-refractivity contribution is -0.117. The van der Waals surface area contributed by atoms with Crippen LogP contribution in [-0.4, -0.2) is 34.0 Å². The Kier molecular flexibility index (Phi) is 7.19. The molecular weight excluding hydrogens is 445 g/mol. The highest BCUT2D eigenvalue weighted by Crippen LogP contribution is 2.37. The molecule has 0 unspecified atom stereocenters. The number of piperidine rings is 1. The van der Waals surface area contributed by atoms with Crippen LogP contribution in [0.4, 0.5) is 10.1 Å². The summed E-state index contributed by atoms with van der Waals surface area (Å²) in [7, 11) is -4.18. The number of hydrogen-bond acceptors (Lipinski definition) is 5. The van der Waals surface area contributed by atoms with E-state index in [9.17, 15) is 13.2 Å². The Hall–Kier alpha value is -2.62. The van der Waals surface area contributed by atoms with E-state index in [1.165, 1.54) is 0 Å². The Morgan fingerprint density at radius 2 is 1.81 bits per heavy atom. The van der Waals surface area contributed by atoms with Crippen molar-refractivity contribution in [3.05, 3.63) is 65.0 Å². The lowest BCUT2D eigenvalue weighted by Crippen LogP contribution is -2.30. The summed E-state index contributed by atoms with van der Waals surface area (Å²) in [6, 6.07) is 12.4. The van der Waals surface area contributed by atoms with Gasteiger partial charge in [0.2, 0.25) is 0 Å². The van der Waals surface area contributed by atoms with Crippen LogP contribution in [0.2, 0.25) is 0 Å². The zero-order valence-electron chi connectivity index (χ0n) is 16.6. The van der Waals surface area contributed by atoms with Gasteiger partial charge in [0, 0.05) is 5.56 Å². The lowest BCUT2D eigenvalue weighted by Gasteiger charge is -2.21. The summed E-state index contributed by atoms with van der Waals surface area (Å²) in [5.74, 6) is -1.39. The maximum atomic E-state index is 15.6. The molecule has 0 saturated carbocycles. The van der Waals surface area contributed by atoms with Crippen molar-refractivity contribution in [2.45, 2.75) is 19.4 Å². The number of carbonyl (C=O) groups is 1. The minimum Gasteiger partial charge on any atom is -0.487 e. The van der Waals surface area contributed by atoms with Gasteiger partial charge in [-0.05, 0) is 43.6 Å². The third kappa shape index (κ3) is 5.17. The smallest absolute Gasteiger partial charge is 0.326 e. The lowest BCUT2D eigenvalue weighted by atomic mass is 10.0. The maximum absolute atomic E-state index is 15.6. The molecule has 2 aliphatic heterocycles. The highest BCUT2D eigenvalue weighted by atomic mass is 35.5. The first-order valence-electron chi connectivity index (χ1n) is 9.67. The highest BCUT2D eigenvalue weighted by molar-refractivity contribution is 7.92. The van der Waals surface area contributed by atoms with Gasteiger partial charge in [-0.2, -0.15) is 8.42 Å². The summed E-state index contributed by atoms with van der Waals surface area (Å²) in [5, 5.41) is 3.24. The largest absolute Gasteiger partial charge is 0.487 e. The molecule has 2 aliphatic rings. The van der Waals surface area contributed by atoms with Gasteiger partial charge in [0.1, 0.15) is 24.6 Å². The summed E-state index contributed by atoms with van der Waals surface area (Å²) in [5.41, 5.74) is 1.94. The molecule has 2 fully saturated rings. The molecule has 0 atom stereocenters. The fourth-order valence-corrected chi connectivity index (χ4v) is 4.68. The van der Waals surface area contributed by atoms with Crippen molar-refractivity contribution in [2.24, 2.45) is 0 Å². The zero-order valence-corrected chi connectivity index (χ0v) is 18.3. The molecule has 0 spiro atoms. The van der Waals surface area contributed by atoms with Gasteiger partial charge >= 0.3 is 10.2 Å². The monoisotopic (exact) mass is 467 g/mol. The van der Waals surface area contributed by atoms with Crippen molar-refractivity contribution < 1.29 is 22.3 Å². The summed E-state index contributed by atoms with van der Waals surface area (Å²) in [4.78, 5) is 11.7. The standard InChI is InChI=1S/C21H22FN3O4S.ClH/c22-20-17(12-15-8-10-23-11-9-15)6-7-18(29-14-16-4-2-1-3-5-16)21(20)25-13-19(26)24-30(25,27)28;/h1-7,12,23H,8-11,13-14H2,(H,24,26);1H. The van der Waals surface area contributed by atoms with Gasteiger partial charge in [-0.1, -0.05) is 42.0 Å². The molecule has 4 rings (SSSR count). The van der Waals surface area contributed by atoms with Crippen molar-refractivity contribution in [1.29, 1.82) is 0 Å². The number of anilines is 1. The number of amides is 1. The molecule has 1 amide bonds. The second-order valence-corrected chi connectivity index (χ2v) is 8.77. The summed E-state index contributed by atoms with van der Waals surface area (Å²) in [6.07, 6.45) is 3.34. The summed E-state index contributed by atoms with van der Waals surface area (Å²) in [6.45, 7) is 1.27. The molecule has 0 bridgehead atoms. The van der Waals surface area contributed by atoms with E-state index in [0.29, 0.717) is 0 Å². The van der Waals surface area contributed by atoms with Crippen molar-refractivity contribution in [2.75, 3.05) is 23.9 Å². The second-order valence-electron chi connectivity index (χ2n) is 7.18. The van der Waals surface area contributed by atoms with Crippen LogP contribution in [0.3, 0.4) is 0 Å². The zero-order chi connectivity index (χ0) is 21.1. The van der Waals surface area contributed by atoms with Crippen LogP contribution in [0.1, 0.15) is 24.0 Å². The quantitative estimate of drug-likeness (QED) is 0.706. The molecule has 2 N–H and O–H groups in total. The van der Waals surface area contributed by atoms with E-state index in [1.807, 2.05) is 35.1 Å². The number of hydrogen-bond donors (Lipinski definition) is 2. The van der Waals surface area contributed by atoms with Crippen molar-refractivity contribution >= 4 is 40.3 Å². The van der Waals surface area contributed by atoms with E-state index in [-0.39, 0.29) is 36.0 Å². The number of carbonyl (C=O) groups excluding carboxylic acids is 1. The SMILES string of the molecule is Cl.O=C1CN(c2c(OCc3ccccc3)ccc(C=C3CCNCC3)c2F)S(=O)(=O)N1. The normalized spacial score (nSPS) is 17.6. The molecule has 2 aromatic rings.